The molecule has 1 rings (SSSR count). The first-order valence-corrected chi connectivity index (χ1v) is 8.34. The van der Waals surface area contributed by atoms with Gasteiger partial charge in [-0.3, -0.25) is 0 Å². The van der Waals surface area contributed by atoms with E-state index in [9.17, 15) is 4.79 Å². The summed E-state index contributed by atoms with van der Waals surface area (Å²) in [7, 11) is 0. The van der Waals surface area contributed by atoms with Crippen LogP contribution in [0.25, 0.3) is 0 Å². The maximum atomic E-state index is 11.2. The van der Waals surface area contributed by atoms with Gasteiger partial charge in [0.15, 0.2) is 0 Å². The molecule has 0 radical (unpaired) electrons. The van der Waals surface area contributed by atoms with E-state index in [1.807, 2.05) is 6.92 Å². The largest absolute Gasteiger partial charge is 1.00 e. The molecule has 1 aromatic carbocycles. The molecule has 0 aliphatic rings. The van der Waals surface area contributed by atoms with E-state index in [1.165, 1.54) is 11.6 Å². The van der Waals surface area contributed by atoms with E-state index in [4.69, 9.17) is 4.74 Å². The van der Waals surface area contributed by atoms with E-state index < -0.39 is 0 Å². The summed E-state index contributed by atoms with van der Waals surface area (Å²) in [4.78, 5) is 11.2. The zero-order valence-corrected chi connectivity index (χ0v) is 15.4. The summed E-state index contributed by atoms with van der Waals surface area (Å²) in [5.74, 6) is -0.237. The molecule has 0 aliphatic heterocycles. The molecule has 130 valence electrons. The van der Waals surface area contributed by atoms with E-state index in [2.05, 4.69) is 44.2 Å². The lowest BCUT2D eigenvalue weighted by Gasteiger charge is -2.37. The van der Waals surface area contributed by atoms with Crippen molar-refractivity contribution in [2.24, 2.45) is 0 Å². The number of unbranched alkanes of at least 4 members (excludes halogenated alkanes) is 1. The summed E-state index contributed by atoms with van der Waals surface area (Å²) in [5, 5.41) is 0. The highest BCUT2D eigenvalue weighted by Gasteiger charge is 2.23. The van der Waals surface area contributed by atoms with Crippen LogP contribution in [0.3, 0.4) is 0 Å². The molecule has 3 nitrogen and oxygen atoms in total. The summed E-state index contributed by atoms with van der Waals surface area (Å²) in [5.41, 5.74) is 1.39. The number of hydrogen-bond acceptors (Lipinski definition) is 2. The van der Waals surface area contributed by atoms with Crippen molar-refractivity contribution in [1.82, 2.24) is 0 Å². The highest BCUT2D eigenvalue weighted by molar-refractivity contribution is 5.81. The Morgan fingerprint density at radius 1 is 1.13 bits per heavy atom. The van der Waals surface area contributed by atoms with Crippen molar-refractivity contribution < 1.29 is 26.4 Å². The summed E-state index contributed by atoms with van der Waals surface area (Å²) < 4.78 is 6.24. The lowest BCUT2D eigenvalue weighted by Crippen LogP contribution is -3.00. The predicted molar refractivity (Wildman–Crippen MR) is 91.4 cm³/mol. The standard InChI is InChI=1S/C19H30NO2.ClH/c1-4-12-19(21)22-16-11-10-15-20(5-2,6-3)17-18-13-8-7-9-14-18;/h4,7-9,12-14H,5-6,10-11,15-17H2,1-3H3;1H/q+1;/p-1. The third-order valence-electron chi connectivity index (χ3n) is 4.28. The Morgan fingerprint density at radius 2 is 1.78 bits per heavy atom. The average molecular weight is 340 g/mol. The van der Waals surface area contributed by atoms with Gasteiger partial charge < -0.3 is 21.6 Å². The normalized spacial score (nSPS) is 11.3. The van der Waals surface area contributed by atoms with Crippen LogP contribution in [0, 0.1) is 0 Å². The topological polar surface area (TPSA) is 26.3 Å². The van der Waals surface area contributed by atoms with Crippen LogP contribution >= 0.6 is 0 Å². The van der Waals surface area contributed by atoms with Gasteiger partial charge in [-0.15, -0.1) is 0 Å². The zero-order valence-electron chi connectivity index (χ0n) is 14.6. The van der Waals surface area contributed by atoms with Gasteiger partial charge in [0, 0.05) is 11.6 Å². The second kappa shape index (κ2) is 12.1. The molecule has 23 heavy (non-hydrogen) atoms. The second-order valence-electron chi connectivity index (χ2n) is 5.72. The third kappa shape index (κ3) is 8.19. The van der Waals surface area contributed by atoms with Crippen LogP contribution in [-0.2, 0) is 16.1 Å². The van der Waals surface area contributed by atoms with E-state index in [0.717, 1.165) is 43.5 Å². The second-order valence-corrected chi connectivity index (χ2v) is 5.72. The Labute approximate surface area is 147 Å². The Hall–Kier alpha value is -1.32. The number of hydrogen-bond donors (Lipinski definition) is 0. The molecule has 0 fully saturated rings. The molecule has 0 saturated carbocycles. The van der Waals surface area contributed by atoms with Crippen molar-refractivity contribution in [3.8, 4) is 0 Å². The molecule has 0 aliphatic carbocycles. The highest BCUT2D eigenvalue weighted by atomic mass is 35.5. The highest BCUT2D eigenvalue weighted by Crippen LogP contribution is 2.16. The number of carbonyl (C=O) groups excluding carboxylic acids is 1. The van der Waals surface area contributed by atoms with E-state index in [0.29, 0.717) is 6.61 Å². The Morgan fingerprint density at radius 3 is 2.35 bits per heavy atom. The first-order chi connectivity index (χ1) is 10.7. The maximum absolute atomic E-state index is 11.2. The van der Waals surface area contributed by atoms with Crippen LogP contribution in [0.2, 0.25) is 0 Å². The van der Waals surface area contributed by atoms with Crippen LogP contribution in [-0.4, -0.2) is 36.7 Å². The minimum atomic E-state index is -0.237. The molecule has 0 bridgehead atoms. The predicted octanol–water partition coefficient (Wildman–Crippen LogP) is 0.947. The van der Waals surface area contributed by atoms with Crippen molar-refractivity contribution in [3.05, 3.63) is 48.0 Å². The Balaban J connectivity index is 0.00000484. The van der Waals surface area contributed by atoms with E-state index >= 15 is 0 Å². The molecule has 4 heteroatoms. The fourth-order valence-corrected chi connectivity index (χ4v) is 2.72. The Kier molecular flexibility index (Phi) is 11.4. The zero-order chi connectivity index (χ0) is 16.3. The van der Waals surface area contributed by atoms with Crippen molar-refractivity contribution in [1.29, 1.82) is 0 Å². The molecule has 0 heterocycles. The number of rotatable bonds is 10. The van der Waals surface area contributed by atoms with Crippen molar-refractivity contribution in [2.75, 3.05) is 26.2 Å². The fourth-order valence-electron chi connectivity index (χ4n) is 2.72. The van der Waals surface area contributed by atoms with E-state index in [1.54, 1.807) is 6.08 Å². The molecule has 0 unspecified atom stereocenters. The molecular formula is C19H30ClNO2. The molecule has 1 aromatic rings. The van der Waals surface area contributed by atoms with Crippen molar-refractivity contribution >= 4 is 5.97 Å². The van der Waals surface area contributed by atoms with Crippen LogP contribution in [0.5, 0.6) is 0 Å². The lowest BCUT2D eigenvalue weighted by atomic mass is 10.1. The number of benzene rings is 1. The molecule has 0 saturated heterocycles. The summed E-state index contributed by atoms with van der Waals surface area (Å²) in [6, 6.07) is 10.7. The SMILES string of the molecule is CC=CC(=O)OCCCC[N+](CC)(CC)Cc1ccccc1.[Cl-]. The maximum Gasteiger partial charge on any atom is 0.330 e. The fraction of sp³-hybridized carbons (Fsp3) is 0.526. The number of carbonyl (C=O) groups is 1. The molecule has 0 atom stereocenters. The molecule has 0 spiro atoms. The number of ether oxygens (including phenoxy) is 1. The summed E-state index contributed by atoms with van der Waals surface area (Å²) >= 11 is 0. The van der Waals surface area contributed by atoms with Gasteiger partial charge in [0.1, 0.15) is 6.54 Å². The third-order valence-corrected chi connectivity index (χ3v) is 4.28. The van der Waals surface area contributed by atoms with Gasteiger partial charge in [-0.25, -0.2) is 4.79 Å². The number of halogens is 1. The molecule has 0 amide bonds. The van der Waals surface area contributed by atoms with Gasteiger partial charge in [0.05, 0.1) is 26.2 Å². The number of esters is 1. The number of nitrogens with zero attached hydrogens (tertiary/aromatic N) is 1. The van der Waals surface area contributed by atoms with Gasteiger partial charge in [0.25, 0.3) is 0 Å². The van der Waals surface area contributed by atoms with Crippen molar-refractivity contribution in [3.63, 3.8) is 0 Å². The smallest absolute Gasteiger partial charge is 0.330 e. The molecule has 0 N–H and O–H groups in total. The Bertz CT molecular complexity index is 456. The summed E-state index contributed by atoms with van der Waals surface area (Å²) in [6.07, 6.45) is 5.18. The molecular weight excluding hydrogens is 310 g/mol. The van der Waals surface area contributed by atoms with Crippen LogP contribution in [0.4, 0.5) is 0 Å². The minimum Gasteiger partial charge on any atom is -1.00 e. The first-order valence-electron chi connectivity index (χ1n) is 8.34. The van der Waals surface area contributed by atoms with Gasteiger partial charge in [-0.1, -0.05) is 36.4 Å². The van der Waals surface area contributed by atoms with Gasteiger partial charge in [-0.05, 0) is 33.6 Å². The first kappa shape index (κ1) is 21.7. The number of allylic oxidation sites excluding steroid dienone is 1. The van der Waals surface area contributed by atoms with Gasteiger partial charge in [-0.2, -0.15) is 0 Å². The van der Waals surface area contributed by atoms with E-state index in [-0.39, 0.29) is 18.4 Å². The monoisotopic (exact) mass is 339 g/mol. The van der Waals surface area contributed by atoms with Crippen LogP contribution < -0.4 is 12.4 Å². The average Bonchev–Trinajstić information content (AvgIpc) is 2.54. The van der Waals surface area contributed by atoms with Gasteiger partial charge in [0.2, 0.25) is 0 Å². The lowest BCUT2D eigenvalue weighted by molar-refractivity contribution is -0.938. The van der Waals surface area contributed by atoms with Crippen LogP contribution in [0.1, 0.15) is 39.2 Å². The summed E-state index contributed by atoms with van der Waals surface area (Å²) in [6.45, 7) is 11.3. The molecule has 0 aromatic heterocycles. The number of quaternary nitrogens is 1. The minimum absolute atomic E-state index is 0. The van der Waals surface area contributed by atoms with Gasteiger partial charge >= 0.3 is 5.97 Å². The van der Waals surface area contributed by atoms with Crippen LogP contribution in [0.15, 0.2) is 42.5 Å². The quantitative estimate of drug-likeness (QED) is 0.274. The van der Waals surface area contributed by atoms with Crippen molar-refractivity contribution in [2.45, 2.75) is 40.2 Å².